The first-order valence-corrected chi connectivity index (χ1v) is 6.92. The molecule has 5 nitrogen and oxygen atoms in total. The zero-order valence-electron chi connectivity index (χ0n) is 12.4. The Balaban J connectivity index is 1.79. The Kier molecular flexibility index (Phi) is 5.62. The minimum Gasteiger partial charge on any atom is -0.445 e. The van der Waals surface area contributed by atoms with Crippen LogP contribution in [-0.4, -0.2) is 12.6 Å². The molecule has 0 saturated carbocycles. The minimum atomic E-state index is -0.529. The summed E-state index contributed by atoms with van der Waals surface area (Å²) >= 11 is 0. The molecule has 23 heavy (non-hydrogen) atoms. The van der Waals surface area contributed by atoms with Crippen LogP contribution in [-0.2, 0) is 11.3 Å². The Morgan fingerprint density at radius 3 is 2.74 bits per heavy atom. The van der Waals surface area contributed by atoms with Gasteiger partial charge in [0.25, 0.3) is 0 Å². The number of nitriles is 1. The predicted octanol–water partition coefficient (Wildman–Crippen LogP) is 2.42. The molecule has 0 heterocycles. The Labute approximate surface area is 134 Å². The van der Waals surface area contributed by atoms with Crippen LogP contribution in [0.2, 0.25) is 0 Å². The number of carbonyl (C=O) groups is 1. The topological polar surface area (TPSA) is 88.1 Å². The van der Waals surface area contributed by atoms with Gasteiger partial charge in [-0.05, 0) is 23.8 Å². The van der Waals surface area contributed by atoms with Crippen LogP contribution in [0, 0.1) is 23.2 Å². The van der Waals surface area contributed by atoms with E-state index < -0.39 is 6.09 Å². The summed E-state index contributed by atoms with van der Waals surface area (Å²) in [5.41, 5.74) is 8.01. The summed E-state index contributed by atoms with van der Waals surface area (Å²) in [6.45, 7) is 0.365. The average molecular weight is 305 g/mol. The minimum absolute atomic E-state index is 0.153. The number of carbonyl (C=O) groups excluding carboxylic acids is 1. The van der Waals surface area contributed by atoms with Crippen molar-refractivity contribution in [3.63, 3.8) is 0 Å². The highest BCUT2D eigenvalue weighted by Crippen LogP contribution is 2.11. The summed E-state index contributed by atoms with van der Waals surface area (Å²) in [4.78, 5) is 11.5. The molecular weight excluding hydrogens is 290 g/mol. The Hall–Kier alpha value is -3.44. The summed E-state index contributed by atoms with van der Waals surface area (Å²) in [7, 11) is 0. The van der Waals surface area contributed by atoms with Crippen molar-refractivity contribution in [3.8, 4) is 17.9 Å². The maximum atomic E-state index is 11.5. The molecular formula is C18H15N3O2. The van der Waals surface area contributed by atoms with Crippen LogP contribution in [0.1, 0.15) is 16.7 Å². The van der Waals surface area contributed by atoms with Gasteiger partial charge in [-0.15, -0.1) is 0 Å². The molecule has 0 saturated heterocycles. The first kappa shape index (κ1) is 15.9. The fourth-order valence-electron chi connectivity index (χ4n) is 1.77. The van der Waals surface area contributed by atoms with Gasteiger partial charge in [0.05, 0.1) is 12.1 Å². The van der Waals surface area contributed by atoms with E-state index >= 15 is 0 Å². The lowest BCUT2D eigenvalue weighted by atomic mass is 10.1. The Morgan fingerprint density at radius 1 is 1.22 bits per heavy atom. The number of nitrogens with zero attached hydrogens (tertiary/aromatic N) is 1. The molecule has 114 valence electrons. The van der Waals surface area contributed by atoms with Crippen LogP contribution in [0.15, 0.2) is 48.5 Å². The molecule has 0 fully saturated rings. The summed E-state index contributed by atoms with van der Waals surface area (Å²) in [6, 6.07) is 16.4. The molecule has 5 heteroatoms. The van der Waals surface area contributed by atoms with E-state index in [-0.39, 0.29) is 13.2 Å². The lowest BCUT2D eigenvalue weighted by Crippen LogP contribution is -2.24. The van der Waals surface area contributed by atoms with E-state index in [1.165, 1.54) is 0 Å². The van der Waals surface area contributed by atoms with Gasteiger partial charge in [-0.3, -0.25) is 0 Å². The standard InChI is InChI=1S/C18H15N3O2/c19-12-16-11-14(8-9-17(16)20)7-4-10-21-18(22)23-13-15-5-2-1-3-6-15/h1-3,5-6,8-9,11H,10,13,20H2,(H,21,22). The van der Waals surface area contributed by atoms with E-state index in [2.05, 4.69) is 17.2 Å². The largest absolute Gasteiger partial charge is 0.445 e. The first-order chi connectivity index (χ1) is 11.2. The zero-order valence-corrected chi connectivity index (χ0v) is 12.4. The number of nitrogens with one attached hydrogen (secondary N) is 1. The Bertz CT molecular complexity index is 783. The van der Waals surface area contributed by atoms with Crippen LogP contribution in [0.25, 0.3) is 0 Å². The molecule has 0 bridgehead atoms. The number of rotatable bonds is 3. The number of ether oxygens (including phenoxy) is 1. The number of anilines is 1. The Morgan fingerprint density at radius 2 is 2.00 bits per heavy atom. The van der Waals surface area contributed by atoms with Crippen molar-refractivity contribution in [2.75, 3.05) is 12.3 Å². The van der Waals surface area contributed by atoms with Crippen molar-refractivity contribution >= 4 is 11.8 Å². The molecule has 0 radical (unpaired) electrons. The highest BCUT2D eigenvalue weighted by molar-refractivity contribution is 5.67. The van der Waals surface area contributed by atoms with Gasteiger partial charge >= 0.3 is 6.09 Å². The van der Waals surface area contributed by atoms with Gasteiger partial charge in [0, 0.05) is 11.3 Å². The third kappa shape index (κ3) is 5.11. The first-order valence-electron chi connectivity index (χ1n) is 6.92. The second kappa shape index (κ2) is 8.11. The smallest absolute Gasteiger partial charge is 0.408 e. The van der Waals surface area contributed by atoms with Gasteiger partial charge in [-0.25, -0.2) is 4.79 Å². The molecule has 2 aromatic rings. The van der Waals surface area contributed by atoms with Crippen molar-refractivity contribution in [1.82, 2.24) is 5.32 Å². The van der Waals surface area contributed by atoms with E-state index in [1.807, 2.05) is 36.4 Å². The highest BCUT2D eigenvalue weighted by Gasteiger charge is 2.00. The molecule has 3 N–H and O–H groups in total. The SMILES string of the molecule is N#Cc1cc(C#CCNC(=O)OCc2ccccc2)ccc1N. The third-order valence-electron chi connectivity index (χ3n) is 2.94. The van der Waals surface area contributed by atoms with Gasteiger partial charge in [-0.1, -0.05) is 42.2 Å². The summed E-state index contributed by atoms with van der Waals surface area (Å²) in [5, 5.41) is 11.4. The zero-order chi connectivity index (χ0) is 16.5. The van der Waals surface area contributed by atoms with E-state index in [9.17, 15) is 4.79 Å². The van der Waals surface area contributed by atoms with Crippen molar-refractivity contribution in [2.24, 2.45) is 0 Å². The van der Waals surface area contributed by atoms with Crippen molar-refractivity contribution in [1.29, 1.82) is 5.26 Å². The second-order valence-electron chi connectivity index (χ2n) is 4.63. The molecule has 0 aromatic heterocycles. The van der Waals surface area contributed by atoms with Crippen molar-refractivity contribution in [3.05, 3.63) is 65.2 Å². The summed E-state index contributed by atoms with van der Waals surface area (Å²) in [5.74, 6) is 5.64. The average Bonchev–Trinajstić information content (AvgIpc) is 2.59. The summed E-state index contributed by atoms with van der Waals surface area (Å²) < 4.78 is 5.06. The number of alkyl carbamates (subject to hydrolysis) is 1. The molecule has 2 aromatic carbocycles. The van der Waals surface area contributed by atoms with Crippen LogP contribution >= 0.6 is 0 Å². The van der Waals surface area contributed by atoms with E-state index in [1.54, 1.807) is 18.2 Å². The normalized spacial score (nSPS) is 9.17. The number of nitrogen functional groups attached to an aromatic ring is 1. The van der Waals surface area contributed by atoms with E-state index in [0.717, 1.165) is 5.56 Å². The third-order valence-corrected chi connectivity index (χ3v) is 2.94. The number of amides is 1. The monoisotopic (exact) mass is 305 g/mol. The van der Waals surface area contributed by atoms with Crippen molar-refractivity contribution in [2.45, 2.75) is 6.61 Å². The van der Waals surface area contributed by atoms with Gasteiger partial charge in [0.2, 0.25) is 0 Å². The summed E-state index contributed by atoms with van der Waals surface area (Å²) in [6.07, 6.45) is -0.529. The number of hydrogen-bond acceptors (Lipinski definition) is 4. The molecule has 0 spiro atoms. The fourth-order valence-corrected chi connectivity index (χ4v) is 1.77. The fraction of sp³-hybridized carbons (Fsp3) is 0.111. The second-order valence-corrected chi connectivity index (χ2v) is 4.63. The predicted molar refractivity (Wildman–Crippen MR) is 87.1 cm³/mol. The molecule has 0 aliphatic carbocycles. The van der Waals surface area contributed by atoms with Crippen LogP contribution in [0.5, 0.6) is 0 Å². The van der Waals surface area contributed by atoms with E-state index in [0.29, 0.717) is 16.8 Å². The van der Waals surface area contributed by atoms with Crippen molar-refractivity contribution < 1.29 is 9.53 Å². The van der Waals surface area contributed by atoms with Gasteiger partial charge in [0.1, 0.15) is 12.7 Å². The lowest BCUT2D eigenvalue weighted by molar-refractivity contribution is 0.141. The molecule has 0 aliphatic rings. The van der Waals surface area contributed by atoms with Gasteiger partial charge < -0.3 is 15.8 Å². The lowest BCUT2D eigenvalue weighted by Gasteiger charge is -2.04. The highest BCUT2D eigenvalue weighted by atomic mass is 16.5. The van der Waals surface area contributed by atoms with Crippen LogP contribution < -0.4 is 11.1 Å². The number of nitrogens with two attached hydrogens (primary N) is 1. The number of benzene rings is 2. The molecule has 2 rings (SSSR count). The maximum Gasteiger partial charge on any atom is 0.408 e. The quantitative estimate of drug-likeness (QED) is 0.673. The van der Waals surface area contributed by atoms with Gasteiger partial charge in [0.15, 0.2) is 0 Å². The molecule has 1 amide bonds. The van der Waals surface area contributed by atoms with Gasteiger partial charge in [-0.2, -0.15) is 5.26 Å². The van der Waals surface area contributed by atoms with Crippen LogP contribution in [0.3, 0.4) is 0 Å². The number of hydrogen-bond donors (Lipinski definition) is 2. The molecule has 0 aliphatic heterocycles. The molecule has 0 atom stereocenters. The molecule has 0 unspecified atom stereocenters. The van der Waals surface area contributed by atoms with E-state index in [4.69, 9.17) is 15.7 Å². The maximum absolute atomic E-state index is 11.5. The van der Waals surface area contributed by atoms with Crippen LogP contribution in [0.4, 0.5) is 10.5 Å².